The molecule has 0 radical (unpaired) electrons. The molecule has 10 heavy (non-hydrogen) atoms. The van der Waals surface area contributed by atoms with E-state index in [2.05, 4.69) is 20.8 Å². The fourth-order valence-electron chi connectivity index (χ4n) is 0.204. The molecule has 0 aromatic rings. The number of hydrogen-bond acceptors (Lipinski definition) is 2. The van der Waals surface area contributed by atoms with Crippen LogP contribution < -0.4 is 11.5 Å². The first-order valence-corrected chi connectivity index (χ1v) is 4.09. The van der Waals surface area contributed by atoms with E-state index in [0.717, 1.165) is 13.1 Å². The molecule has 0 saturated carbocycles. The first-order valence-electron chi connectivity index (χ1n) is 4.09. The van der Waals surface area contributed by atoms with E-state index < -0.39 is 0 Å². The molecule has 4 N–H and O–H groups in total. The van der Waals surface area contributed by atoms with Crippen LogP contribution >= 0.6 is 0 Å². The second-order valence-corrected chi connectivity index (χ2v) is 2.77. The molecule has 64 valence electrons. The maximum Gasteiger partial charge on any atom is -0.00541 e. The highest BCUT2D eigenvalue weighted by atomic mass is 14.5. The van der Waals surface area contributed by atoms with E-state index in [0.29, 0.717) is 5.92 Å². The van der Waals surface area contributed by atoms with Gasteiger partial charge in [-0.2, -0.15) is 0 Å². The summed E-state index contributed by atoms with van der Waals surface area (Å²) in [6.45, 7) is 7.98. The molecule has 0 heterocycles. The molecule has 0 amide bonds. The zero-order valence-corrected chi connectivity index (χ0v) is 7.56. The van der Waals surface area contributed by atoms with Gasteiger partial charge in [-0.3, -0.25) is 0 Å². The van der Waals surface area contributed by atoms with Gasteiger partial charge in [-0.05, 0) is 25.4 Å². The third-order valence-electron chi connectivity index (χ3n) is 1.03. The van der Waals surface area contributed by atoms with Gasteiger partial charge >= 0.3 is 0 Å². The Hall–Kier alpha value is -0.0800. The van der Waals surface area contributed by atoms with Crippen molar-refractivity contribution < 1.29 is 0 Å². The van der Waals surface area contributed by atoms with Gasteiger partial charge in [0.05, 0.1) is 0 Å². The zero-order valence-electron chi connectivity index (χ0n) is 7.56. The van der Waals surface area contributed by atoms with Crippen LogP contribution in [0.3, 0.4) is 0 Å². The first-order chi connectivity index (χ1) is 4.68. The Kier molecular flexibility index (Phi) is 14.7. The number of unbranched alkanes of at least 4 members (excludes halogenated alkanes) is 1. The summed E-state index contributed by atoms with van der Waals surface area (Å²) in [7, 11) is 0. The summed E-state index contributed by atoms with van der Waals surface area (Å²) in [6, 6.07) is 0. The van der Waals surface area contributed by atoms with Crippen LogP contribution in [-0.4, -0.2) is 13.1 Å². The van der Waals surface area contributed by atoms with E-state index in [4.69, 9.17) is 11.5 Å². The Morgan fingerprint density at radius 1 is 1.20 bits per heavy atom. The highest BCUT2D eigenvalue weighted by Crippen LogP contribution is 1.81. The van der Waals surface area contributed by atoms with Crippen molar-refractivity contribution in [3.05, 3.63) is 0 Å². The van der Waals surface area contributed by atoms with Crippen molar-refractivity contribution in [3.63, 3.8) is 0 Å². The Balaban J connectivity index is 0. The molecule has 0 aliphatic carbocycles. The standard InChI is InChI=1S/2C4H11N/c1-4(2)3-5;1-2-3-4-5/h4H,3,5H2,1-2H3;2-5H2,1H3. The van der Waals surface area contributed by atoms with Crippen molar-refractivity contribution >= 4 is 0 Å². The van der Waals surface area contributed by atoms with Crippen molar-refractivity contribution in [3.8, 4) is 0 Å². The van der Waals surface area contributed by atoms with Crippen LogP contribution in [-0.2, 0) is 0 Å². The lowest BCUT2D eigenvalue weighted by Crippen LogP contribution is -2.05. The molecule has 2 heteroatoms. The van der Waals surface area contributed by atoms with E-state index in [-0.39, 0.29) is 0 Å². The van der Waals surface area contributed by atoms with E-state index in [1.165, 1.54) is 12.8 Å². The second-order valence-electron chi connectivity index (χ2n) is 2.77. The van der Waals surface area contributed by atoms with Crippen LogP contribution in [0.25, 0.3) is 0 Å². The molecular formula is C8H22N2. The van der Waals surface area contributed by atoms with Crippen molar-refractivity contribution in [2.45, 2.75) is 33.6 Å². The number of hydrogen-bond donors (Lipinski definition) is 2. The molecule has 0 atom stereocenters. The highest BCUT2D eigenvalue weighted by Gasteiger charge is 1.80. The summed E-state index contributed by atoms with van der Waals surface area (Å²) in [5.41, 5.74) is 10.3. The SMILES string of the molecule is CC(C)CN.CCCCN. The van der Waals surface area contributed by atoms with E-state index >= 15 is 0 Å². The third kappa shape index (κ3) is 24.7. The van der Waals surface area contributed by atoms with Gasteiger partial charge in [-0.25, -0.2) is 0 Å². The minimum absolute atomic E-state index is 0.662. The number of rotatable bonds is 3. The predicted octanol–water partition coefficient (Wildman–Crippen LogP) is 1.35. The van der Waals surface area contributed by atoms with Gasteiger partial charge in [0.1, 0.15) is 0 Å². The maximum absolute atomic E-state index is 5.17. The lowest BCUT2D eigenvalue weighted by Gasteiger charge is -1.91. The predicted molar refractivity (Wildman–Crippen MR) is 47.9 cm³/mol. The Morgan fingerprint density at radius 2 is 1.60 bits per heavy atom. The highest BCUT2D eigenvalue weighted by molar-refractivity contribution is 4.38. The summed E-state index contributed by atoms with van der Waals surface area (Å²) in [4.78, 5) is 0. The van der Waals surface area contributed by atoms with Crippen LogP contribution in [0.15, 0.2) is 0 Å². The van der Waals surface area contributed by atoms with Crippen LogP contribution in [0.2, 0.25) is 0 Å². The average Bonchev–Trinajstić information content (AvgIpc) is 1.91. The summed E-state index contributed by atoms with van der Waals surface area (Å²) < 4.78 is 0. The molecule has 0 aliphatic heterocycles. The molecule has 0 fully saturated rings. The Labute approximate surface area is 65.0 Å². The monoisotopic (exact) mass is 146 g/mol. The normalized spacial score (nSPS) is 9.00. The molecule has 2 nitrogen and oxygen atoms in total. The van der Waals surface area contributed by atoms with E-state index in [9.17, 15) is 0 Å². The summed E-state index contributed by atoms with van der Waals surface area (Å²) >= 11 is 0. The van der Waals surface area contributed by atoms with Gasteiger partial charge in [0.2, 0.25) is 0 Å². The van der Waals surface area contributed by atoms with Crippen LogP contribution in [0.4, 0.5) is 0 Å². The quantitative estimate of drug-likeness (QED) is 0.631. The average molecular weight is 146 g/mol. The topological polar surface area (TPSA) is 52.0 Å². The maximum atomic E-state index is 5.17. The van der Waals surface area contributed by atoms with Crippen LogP contribution in [0.1, 0.15) is 33.6 Å². The minimum atomic E-state index is 0.662. The van der Waals surface area contributed by atoms with Crippen LogP contribution in [0.5, 0.6) is 0 Å². The molecule has 0 saturated heterocycles. The Morgan fingerprint density at radius 3 is 1.60 bits per heavy atom. The summed E-state index contributed by atoms with van der Waals surface area (Å²) in [6.07, 6.45) is 2.39. The van der Waals surface area contributed by atoms with E-state index in [1.807, 2.05) is 0 Å². The van der Waals surface area contributed by atoms with Gasteiger partial charge in [0.15, 0.2) is 0 Å². The first kappa shape index (κ1) is 12.6. The smallest absolute Gasteiger partial charge is 0.00541 e. The second kappa shape index (κ2) is 11.7. The van der Waals surface area contributed by atoms with Crippen LogP contribution in [0, 0.1) is 5.92 Å². The molecule has 0 unspecified atom stereocenters. The van der Waals surface area contributed by atoms with Gasteiger partial charge in [-0.15, -0.1) is 0 Å². The fourth-order valence-corrected chi connectivity index (χ4v) is 0.204. The lowest BCUT2D eigenvalue weighted by molar-refractivity contribution is 0.664. The van der Waals surface area contributed by atoms with Gasteiger partial charge in [-0.1, -0.05) is 27.2 Å². The summed E-state index contributed by atoms with van der Waals surface area (Å²) in [5, 5.41) is 0. The zero-order chi connectivity index (χ0) is 8.41. The molecule has 0 aliphatic rings. The lowest BCUT2D eigenvalue weighted by atomic mass is 10.2. The molecule has 0 spiro atoms. The summed E-state index contributed by atoms with van der Waals surface area (Å²) in [5.74, 6) is 0.662. The van der Waals surface area contributed by atoms with Crippen molar-refractivity contribution in [1.82, 2.24) is 0 Å². The third-order valence-corrected chi connectivity index (χ3v) is 1.03. The van der Waals surface area contributed by atoms with Gasteiger partial charge in [0, 0.05) is 0 Å². The molecule has 0 aromatic carbocycles. The molecule has 0 aromatic heterocycles. The Bertz CT molecular complexity index is 42.5. The number of nitrogens with two attached hydrogens (primary N) is 2. The van der Waals surface area contributed by atoms with Gasteiger partial charge < -0.3 is 11.5 Å². The largest absolute Gasteiger partial charge is 0.330 e. The van der Waals surface area contributed by atoms with Crippen molar-refractivity contribution in [2.24, 2.45) is 17.4 Å². The minimum Gasteiger partial charge on any atom is -0.330 e. The fraction of sp³-hybridized carbons (Fsp3) is 1.00. The molecule has 0 rings (SSSR count). The van der Waals surface area contributed by atoms with E-state index in [1.54, 1.807) is 0 Å². The van der Waals surface area contributed by atoms with Crippen molar-refractivity contribution in [2.75, 3.05) is 13.1 Å². The molecule has 0 bridgehead atoms. The molecular weight excluding hydrogens is 124 g/mol. The van der Waals surface area contributed by atoms with Gasteiger partial charge in [0.25, 0.3) is 0 Å². The van der Waals surface area contributed by atoms with Crippen molar-refractivity contribution in [1.29, 1.82) is 0 Å².